The molecule has 1 aliphatic heterocycles. The second-order valence-electron chi connectivity index (χ2n) is 7.08. The number of benzene rings is 1. The van der Waals surface area contributed by atoms with Gasteiger partial charge in [0, 0.05) is 18.8 Å². The zero-order valence-electron chi connectivity index (χ0n) is 16.7. The highest BCUT2D eigenvalue weighted by Crippen LogP contribution is 2.25. The third kappa shape index (κ3) is 7.29. The van der Waals surface area contributed by atoms with Crippen LogP contribution in [0.3, 0.4) is 0 Å². The Morgan fingerprint density at radius 1 is 1.04 bits per heavy atom. The van der Waals surface area contributed by atoms with E-state index in [0.29, 0.717) is 12.4 Å². The fourth-order valence-corrected chi connectivity index (χ4v) is 3.28. The summed E-state index contributed by atoms with van der Waals surface area (Å²) in [7, 11) is 0. The molecule has 2 N–H and O–H groups in total. The van der Waals surface area contributed by atoms with Crippen LogP contribution in [-0.2, 0) is 14.2 Å². The molecule has 1 saturated heterocycles. The third-order valence-electron chi connectivity index (χ3n) is 4.74. The van der Waals surface area contributed by atoms with Crippen molar-refractivity contribution in [1.29, 1.82) is 0 Å². The van der Waals surface area contributed by atoms with Gasteiger partial charge >= 0.3 is 5.24 Å². The average molecular weight is 413 g/mol. The summed E-state index contributed by atoms with van der Waals surface area (Å²) in [6.45, 7) is 4.37. The minimum atomic E-state index is -1.18. The molecule has 1 aromatic carbocycles. The summed E-state index contributed by atoms with van der Waals surface area (Å²) in [5, 5.41) is 20.7. The lowest BCUT2D eigenvalue weighted by Crippen LogP contribution is -2.59. The first-order valence-electron chi connectivity index (χ1n) is 10.1. The molecule has 0 spiro atoms. The molecule has 0 saturated carbocycles. The van der Waals surface area contributed by atoms with Gasteiger partial charge < -0.3 is 29.2 Å². The Morgan fingerprint density at radius 3 is 2.43 bits per heavy atom. The molecule has 1 aromatic rings. The van der Waals surface area contributed by atoms with E-state index in [0.717, 1.165) is 12.8 Å². The van der Waals surface area contributed by atoms with Crippen LogP contribution in [0.1, 0.15) is 52.4 Å². The number of unbranched alkanes of at least 4 members (excludes halogenated alkanes) is 5. The average Bonchev–Trinajstić information content (AvgIpc) is 2.69. The number of para-hydroxylation sites is 1. The van der Waals surface area contributed by atoms with Crippen LogP contribution < -0.4 is 4.74 Å². The van der Waals surface area contributed by atoms with Crippen LogP contribution in [0, 0.1) is 0 Å². The van der Waals surface area contributed by atoms with E-state index < -0.39 is 30.7 Å². The highest BCUT2D eigenvalue weighted by Gasteiger charge is 2.45. The predicted octanol–water partition coefficient (Wildman–Crippen LogP) is 3.58. The van der Waals surface area contributed by atoms with Crippen molar-refractivity contribution >= 4 is 17.5 Å². The van der Waals surface area contributed by atoms with Crippen LogP contribution in [0.25, 0.3) is 0 Å². The van der Waals surface area contributed by atoms with Gasteiger partial charge in [0.05, 0.1) is 6.10 Å². The van der Waals surface area contributed by atoms with Crippen LogP contribution in [0.5, 0.6) is 5.75 Å². The van der Waals surface area contributed by atoms with Crippen LogP contribution in [-0.4, -0.2) is 52.8 Å². The second-order valence-corrected chi connectivity index (χ2v) is 7.41. The monoisotopic (exact) mass is 412 g/mol. The summed E-state index contributed by atoms with van der Waals surface area (Å²) in [5.41, 5.74) is 0. The van der Waals surface area contributed by atoms with E-state index in [1.165, 1.54) is 25.7 Å². The number of hydrogen-bond donors (Lipinski definition) is 2. The van der Waals surface area contributed by atoms with Crippen LogP contribution >= 0.6 is 12.2 Å². The van der Waals surface area contributed by atoms with Gasteiger partial charge in [0.2, 0.25) is 0 Å². The Hall–Kier alpha value is -1.25. The van der Waals surface area contributed by atoms with E-state index in [9.17, 15) is 10.2 Å². The number of hydrogen-bond acceptors (Lipinski definition) is 7. The molecule has 28 heavy (non-hydrogen) atoms. The normalized spacial score (nSPS) is 27.4. The van der Waals surface area contributed by atoms with Crippen LogP contribution in [0.15, 0.2) is 30.3 Å². The quantitative estimate of drug-likeness (QED) is 0.449. The summed E-state index contributed by atoms with van der Waals surface area (Å²) < 4.78 is 22.3. The molecule has 0 amide bonds. The standard InChI is InChI=1S/C21H32O6S/c1-3-4-5-6-7-11-14-24-20-18(23)19(17(22)15(2)25-20)27-21(28)26-16-12-9-8-10-13-16/h8-10,12-13,15,17-20,22-23H,3-7,11,14H2,1-2H3/t15-,17+,18-,19+,20-/m0/s1. The Kier molecular flexibility index (Phi) is 10.2. The van der Waals surface area contributed by atoms with E-state index >= 15 is 0 Å². The maximum absolute atomic E-state index is 10.6. The molecule has 0 radical (unpaired) electrons. The maximum Gasteiger partial charge on any atom is 0.358 e. The van der Waals surface area contributed by atoms with Crippen molar-refractivity contribution in [3.05, 3.63) is 30.3 Å². The number of aliphatic hydroxyl groups excluding tert-OH is 2. The highest BCUT2D eigenvalue weighted by molar-refractivity contribution is 7.79. The van der Waals surface area contributed by atoms with Crippen molar-refractivity contribution < 1.29 is 29.2 Å². The molecule has 1 heterocycles. The summed E-state index contributed by atoms with van der Waals surface area (Å²) in [6, 6.07) is 8.95. The minimum Gasteiger partial charge on any atom is -0.447 e. The molecule has 158 valence electrons. The summed E-state index contributed by atoms with van der Waals surface area (Å²) >= 11 is 5.11. The van der Waals surface area contributed by atoms with Crippen LogP contribution in [0.4, 0.5) is 0 Å². The first kappa shape index (κ1) is 23.0. The van der Waals surface area contributed by atoms with E-state index in [1.807, 2.05) is 18.2 Å². The summed E-state index contributed by atoms with van der Waals surface area (Å²) in [4.78, 5) is 0. The fourth-order valence-electron chi connectivity index (χ4n) is 3.08. The Bertz CT molecular complexity index is 569. The van der Waals surface area contributed by atoms with Crippen molar-refractivity contribution in [2.45, 2.75) is 83.1 Å². The second kappa shape index (κ2) is 12.3. The van der Waals surface area contributed by atoms with Crippen molar-refractivity contribution in [1.82, 2.24) is 0 Å². The van der Waals surface area contributed by atoms with Gasteiger partial charge in [-0.25, -0.2) is 0 Å². The van der Waals surface area contributed by atoms with Crippen LogP contribution in [0.2, 0.25) is 0 Å². The summed E-state index contributed by atoms with van der Waals surface area (Å²) in [5.74, 6) is 0.521. The lowest BCUT2D eigenvalue weighted by molar-refractivity contribution is -0.291. The van der Waals surface area contributed by atoms with Gasteiger partial charge in [-0.15, -0.1) is 0 Å². The summed E-state index contributed by atoms with van der Waals surface area (Å²) in [6.07, 6.45) is 2.19. The SMILES string of the molecule is CCCCCCCCO[C@H]1O[C@@H](C)[C@@H](O)[C@@H](OC(=S)Oc2ccccc2)[C@@H]1O. The maximum atomic E-state index is 10.6. The van der Waals surface area contributed by atoms with Gasteiger partial charge in [-0.2, -0.15) is 0 Å². The molecule has 2 rings (SSSR count). The molecule has 0 aromatic heterocycles. The molecular weight excluding hydrogens is 380 g/mol. The molecule has 6 nitrogen and oxygen atoms in total. The molecule has 1 aliphatic rings. The van der Waals surface area contributed by atoms with Crippen molar-refractivity contribution in [2.24, 2.45) is 0 Å². The van der Waals surface area contributed by atoms with E-state index in [1.54, 1.807) is 19.1 Å². The Labute approximate surface area is 172 Å². The number of thiocarbonyl (C=S) groups is 1. The van der Waals surface area contributed by atoms with Gasteiger partial charge in [-0.1, -0.05) is 57.2 Å². The lowest BCUT2D eigenvalue weighted by atomic mass is 10.00. The van der Waals surface area contributed by atoms with Gasteiger partial charge in [-0.3, -0.25) is 0 Å². The highest BCUT2D eigenvalue weighted by atomic mass is 32.1. The lowest BCUT2D eigenvalue weighted by Gasteiger charge is -2.40. The van der Waals surface area contributed by atoms with Gasteiger partial charge in [0.15, 0.2) is 12.4 Å². The first-order chi connectivity index (χ1) is 13.5. The number of rotatable bonds is 10. The van der Waals surface area contributed by atoms with Crippen molar-refractivity contribution in [3.8, 4) is 5.75 Å². The molecule has 0 aliphatic carbocycles. The van der Waals surface area contributed by atoms with Gasteiger partial charge in [-0.05, 0) is 25.5 Å². The molecule has 0 unspecified atom stereocenters. The molecule has 5 atom stereocenters. The van der Waals surface area contributed by atoms with Gasteiger partial charge in [0.1, 0.15) is 18.0 Å². The number of aliphatic hydroxyl groups is 2. The Balaban J connectivity index is 1.81. The molecular formula is C21H32O6S. The van der Waals surface area contributed by atoms with Crippen molar-refractivity contribution in [2.75, 3.05) is 6.61 Å². The zero-order chi connectivity index (χ0) is 20.4. The first-order valence-corrected chi connectivity index (χ1v) is 10.5. The molecule has 1 fully saturated rings. The molecule has 7 heteroatoms. The smallest absolute Gasteiger partial charge is 0.358 e. The number of ether oxygens (including phenoxy) is 4. The third-order valence-corrected chi connectivity index (χ3v) is 4.92. The van der Waals surface area contributed by atoms with E-state index in [2.05, 4.69) is 6.92 Å². The van der Waals surface area contributed by atoms with Crippen molar-refractivity contribution in [3.63, 3.8) is 0 Å². The predicted molar refractivity (Wildman–Crippen MR) is 110 cm³/mol. The van der Waals surface area contributed by atoms with Gasteiger partial charge in [0.25, 0.3) is 0 Å². The topological polar surface area (TPSA) is 77.4 Å². The zero-order valence-corrected chi connectivity index (χ0v) is 17.5. The fraction of sp³-hybridized carbons (Fsp3) is 0.667. The Morgan fingerprint density at radius 2 is 1.71 bits per heavy atom. The molecule has 0 bridgehead atoms. The largest absolute Gasteiger partial charge is 0.447 e. The van der Waals surface area contributed by atoms with E-state index in [4.69, 9.17) is 31.2 Å². The van der Waals surface area contributed by atoms with E-state index in [-0.39, 0.29) is 5.24 Å². The minimum absolute atomic E-state index is 0.168.